The topological polar surface area (TPSA) is 64.3 Å². The van der Waals surface area contributed by atoms with Crippen LogP contribution in [0, 0.1) is 0 Å². The molecule has 0 aliphatic carbocycles. The Bertz CT molecular complexity index is 1510. The molecule has 0 bridgehead atoms. The molecule has 0 N–H and O–H groups in total. The van der Waals surface area contributed by atoms with Gasteiger partial charge >= 0.3 is 0 Å². The molecule has 0 saturated carbocycles. The van der Waals surface area contributed by atoms with Crippen molar-refractivity contribution in [3.63, 3.8) is 0 Å². The summed E-state index contributed by atoms with van der Waals surface area (Å²) >= 11 is 9.30. The second-order valence-electron chi connectivity index (χ2n) is 7.89. The Hall–Kier alpha value is -2.10. The van der Waals surface area contributed by atoms with E-state index in [1.165, 1.54) is 32.8 Å². The van der Waals surface area contributed by atoms with E-state index in [0.717, 1.165) is 29.3 Å². The van der Waals surface area contributed by atoms with E-state index in [-0.39, 0.29) is 0 Å². The van der Waals surface area contributed by atoms with Crippen LogP contribution in [0.25, 0.3) is 27.1 Å². The monoisotopic (exact) mass is 516 g/mol. The van der Waals surface area contributed by atoms with Crippen LogP contribution in [0.2, 0.25) is 5.02 Å². The van der Waals surface area contributed by atoms with Gasteiger partial charge < -0.3 is 9.45 Å². The molecule has 4 aromatic rings. The van der Waals surface area contributed by atoms with E-state index in [1.807, 2.05) is 18.2 Å². The summed E-state index contributed by atoms with van der Waals surface area (Å²) in [7, 11) is -4.49. The molecule has 0 unspecified atom stereocenters. The number of benzene rings is 3. The van der Waals surface area contributed by atoms with E-state index in [4.69, 9.17) is 11.6 Å². The summed E-state index contributed by atoms with van der Waals surface area (Å²) in [6.07, 6.45) is 4.08. The molecule has 1 aliphatic rings. The van der Waals surface area contributed by atoms with Crippen molar-refractivity contribution < 1.29 is 17.5 Å². The summed E-state index contributed by atoms with van der Waals surface area (Å²) in [5, 5.41) is 4.59. The van der Waals surface area contributed by atoms with Gasteiger partial charge in [-0.1, -0.05) is 72.3 Å². The van der Waals surface area contributed by atoms with E-state index in [0.29, 0.717) is 15.7 Å². The van der Waals surface area contributed by atoms with Crippen molar-refractivity contribution in [2.45, 2.75) is 31.2 Å². The van der Waals surface area contributed by atoms with Crippen LogP contribution in [0.15, 0.2) is 64.5 Å². The summed E-state index contributed by atoms with van der Waals surface area (Å²) in [6, 6.07) is 18.0. The normalized spacial score (nSPS) is 15.1. The summed E-state index contributed by atoms with van der Waals surface area (Å²) in [6.45, 7) is 3.02. The molecule has 3 aromatic carbocycles. The van der Waals surface area contributed by atoms with Crippen LogP contribution in [0.1, 0.15) is 24.8 Å². The molecule has 0 saturated heterocycles. The van der Waals surface area contributed by atoms with Gasteiger partial charge in [0.05, 0.1) is 22.2 Å². The number of thiazole rings is 1. The first-order valence-corrected chi connectivity index (χ1v) is 14.2. The SMILES string of the molecule is CCCC[n+]1c(/C=C2\Sc3ccc(Cl)cc3N2CS(=O)(=O)[O-])sc2ccc3ccccc3c21. The molecule has 5 rings (SSSR count). The van der Waals surface area contributed by atoms with E-state index >= 15 is 0 Å². The predicted octanol–water partition coefficient (Wildman–Crippen LogP) is 6.21. The summed E-state index contributed by atoms with van der Waals surface area (Å²) < 4.78 is 38.6. The minimum Gasteiger partial charge on any atom is -0.747 e. The summed E-state index contributed by atoms with van der Waals surface area (Å²) in [5.74, 6) is -0.637. The quantitative estimate of drug-likeness (QED) is 0.225. The maximum atomic E-state index is 11.7. The van der Waals surface area contributed by atoms with Crippen LogP contribution in [0.4, 0.5) is 5.69 Å². The number of hydrogen-bond acceptors (Lipinski definition) is 6. The molecule has 0 radical (unpaired) electrons. The molecule has 9 heteroatoms. The van der Waals surface area contributed by atoms with Crippen molar-refractivity contribution in [2.75, 3.05) is 10.8 Å². The molecular formula is C24H21ClN2O3S3. The fraction of sp³-hybridized carbons (Fsp3) is 0.208. The first-order valence-electron chi connectivity index (χ1n) is 10.6. The maximum absolute atomic E-state index is 11.7. The van der Waals surface area contributed by atoms with Crippen molar-refractivity contribution in [2.24, 2.45) is 0 Å². The fourth-order valence-corrected chi connectivity index (χ4v) is 7.24. The number of anilines is 1. The van der Waals surface area contributed by atoms with Gasteiger partial charge in [0.1, 0.15) is 20.7 Å². The number of halogens is 1. The molecule has 0 amide bonds. The lowest BCUT2D eigenvalue weighted by molar-refractivity contribution is -0.668. The number of rotatable bonds is 6. The molecule has 33 heavy (non-hydrogen) atoms. The number of aryl methyl sites for hydroxylation is 1. The van der Waals surface area contributed by atoms with Gasteiger partial charge in [-0.15, -0.1) is 0 Å². The second-order valence-corrected chi connectivity index (χ2v) is 11.8. The Morgan fingerprint density at radius 1 is 1.15 bits per heavy atom. The van der Waals surface area contributed by atoms with Crippen molar-refractivity contribution in [1.82, 2.24) is 0 Å². The van der Waals surface area contributed by atoms with Gasteiger partial charge in [-0.2, -0.15) is 4.57 Å². The molecule has 1 aromatic heterocycles. The Balaban J connectivity index is 1.69. The lowest BCUT2D eigenvalue weighted by Crippen LogP contribution is -2.35. The summed E-state index contributed by atoms with van der Waals surface area (Å²) in [4.78, 5) is 2.43. The van der Waals surface area contributed by atoms with Gasteiger partial charge in [0, 0.05) is 16.3 Å². The van der Waals surface area contributed by atoms with Crippen molar-refractivity contribution >= 4 is 77.6 Å². The number of fused-ring (bicyclic) bond motifs is 4. The Morgan fingerprint density at radius 3 is 2.76 bits per heavy atom. The van der Waals surface area contributed by atoms with Crippen molar-refractivity contribution in [3.05, 3.63) is 69.7 Å². The van der Waals surface area contributed by atoms with Crippen LogP contribution < -0.4 is 9.47 Å². The first-order chi connectivity index (χ1) is 15.8. The van der Waals surface area contributed by atoms with E-state index < -0.39 is 16.0 Å². The van der Waals surface area contributed by atoms with Gasteiger partial charge in [-0.05, 0) is 35.7 Å². The van der Waals surface area contributed by atoms with Crippen LogP contribution in [0.5, 0.6) is 0 Å². The lowest BCUT2D eigenvalue weighted by Gasteiger charge is -2.21. The van der Waals surface area contributed by atoms with Crippen LogP contribution in [0.3, 0.4) is 0 Å². The summed E-state index contributed by atoms with van der Waals surface area (Å²) in [5.41, 5.74) is 1.83. The number of nitrogens with zero attached hydrogens (tertiary/aromatic N) is 2. The average Bonchev–Trinajstić information content (AvgIpc) is 3.29. The van der Waals surface area contributed by atoms with Crippen LogP contribution in [-0.4, -0.2) is 18.8 Å². The van der Waals surface area contributed by atoms with Crippen molar-refractivity contribution in [1.29, 1.82) is 0 Å². The van der Waals surface area contributed by atoms with Crippen LogP contribution >= 0.6 is 34.7 Å². The molecule has 0 atom stereocenters. The second kappa shape index (κ2) is 8.92. The minimum absolute atomic E-state index is 0.496. The standard InChI is InChI=1S/C24H21ClN2O3S3/c1-2-3-12-26-22(32-21-10-8-16-6-4-5-7-18(16)24(21)26)14-23-27(15-33(28,29)30)19-13-17(25)9-11-20(19)31-23/h4-11,13-14H,2-3,12,15H2,1H3. The average molecular weight is 517 g/mol. The number of aromatic nitrogens is 1. The van der Waals surface area contributed by atoms with Crippen molar-refractivity contribution in [3.8, 4) is 0 Å². The Labute approximate surface area is 206 Å². The predicted molar refractivity (Wildman–Crippen MR) is 137 cm³/mol. The smallest absolute Gasteiger partial charge is 0.265 e. The zero-order chi connectivity index (χ0) is 23.2. The minimum atomic E-state index is -4.49. The molecule has 5 nitrogen and oxygen atoms in total. The molecule has 0 fully saturated rings. The highest BCUT2D eigenvalue weighted by molar-refractivity contribution is 8.04. The van der Waals surface area contributed by atoms with Gasteiger partial charge in [0.25, 0.3) is 5.01 Å². The fourth-order valence-electron chi connectivity index (χ4n) is 4.10. The highest BCUT2D eigenvalue weighted by Gasteiger charge is 2.29. The molecule has 2 heterocycles. The van der Waals surface area contributed by atoms with Gasteiger partial charge in [-0.3, -0.25) is 0 Å². The lowest BCUT2D eigenvalue weighted by atomic mass is 10.1. The zero-order valence-corrected chi connectivity index (χ0v) is 21.0. The number of thioether (sulfide) groups is 1. The molecule has 1 aliphatic heterocycles. The van der Waals surface area contributed by atoms with E-state index in [2.05, 4.69) is 41.8 Å². The van der Waals surface area contributed by atoms with Gasteiger partial charge in [-0.25, -0.2) is 8.42 Å². The first kappa shape index (κ1) is 22.7. The van der Waals surface area contributed by atoms with Gasteiger partial charge in [0.15, 0.2) is 6.54 Å². The largest absolute Gasteiger partial charge is 0.747 e. The zero-order valence-electron chi connectivity index (χ0n) is 17.8. The molecule has 170 valence electrons. The molecule has 0 spiro atoms. The van der Waals surface area contributed by atoms with Gasteiger partial charge in [0.2, 0.25) is 5.52 Å². The Kier molecular flexibility index (Phi) is 6.13. The number of unbranched alkanes of at least 4 members (excludes halogenated alkanes) is 1. The maximum Gasteiger partial charge on any atom is 0.265 e. The third-order valence-corrected chi connectivity index (χ3v) is 8.59. The van der Waals surface area contributed by atoms with Crippen LogP contribution in [-0.2, 0) is 16.7 Å². The van der Waals surface area contributed by atoms with E-state index in [9.17, 15) is 13.0 Å². The third kappa shape index (κ3) is 4.50. The molecular weight excluding hydrogens is 496 g/mol. The Morgan fingerprint density at radius 2 is 1.97 bits per heavy atom. The highest BCUT2D eigenvalue weighted by Crippen LogP contribution is 2.48. The number of hydrogen-bond donors (Lipinski definition) is 0. The van der Waals surface area contributed by atoms with E-state index in [1.54, 1.807) is 28.4 Å². The third-order valence-electron chi connectivity index (χ3n) is 5.58. The highest BCUT2D eigenvalue weighted by atomic mass is 35.5.